The number of carbonyl (C=O) groups is 2. The van der Waals surface area contributed by atoms with E-state index in [1.165, 1.54) is 13.3 Å². The van der Waals surface area contributed by atoms with Crippen molar-refractivity contribution in [3.63, 3.8) is 0 Å². The number of benzene rings is 2. The molecule has 3 aromatic rings. The number of halogens is 3. The highest BCUT2D eigenvalue weighted by Crippen LogP contribution is 2.35. The third-order valence-corrected chi connectivity index (χ3v) is 4.27. The van der Waals surface area contributed by atoms with E-state index in [0.29, 0.717) is 5.39 Å². The molecule has 0 unspecified atom stereocenters. The maximum absolute atomic E-state index is 13.0. The molecule has 0 fully saturated rings. The van der Waals surface area contributed by atoms with Gasteiger partial charge in [-0.3, -0.25) is 4.79 Å². The summed E-state index contributed by atoms with van der Waals surface area (Å²) in [7, 11) is 1.45. The number of aromatic amines is 1. The number of H-pyrrole nitrogens is 1. The van der Waals surface area contributed by atoms with Gasteiger partial charge in [0.1, 0.15) is 12.4 Å². The molecule has 0 aliphatic heterocycles. The molecule has 164 valence electrons. The van der Waals surface area contributed by atoms with Crippen molar-refractivity contribution in [2.75, 3.05) is 32.2 Å². The van der Waals surface area contributed by atoms with Crippen molar-refractivity contribution >= 4 is 28.5 Å². The Morgan fingerprint density at radius 1 is 1.10 bits per heavy atom. The van der Waals surface area contributed by atoms with E-state index in [9.17, 15) is 22.8 Å². The summed E-state index contributed by atoms with van der Waals surface area (Å²) in [5.74, 6) is -1.53. The van der Waals surface area contributed by atoms with Gasteiger partial charge in [0.15, 0.2) is 6.61 Å². The third-order valence-electron chi connectivity index (χ3n) is 4.27. The molecule has 0 aliphatic rings. The molecular weight excluding hydrogens is 417 g/mol. The molecule has 0 atom stereocenters. The first-order valence-corrected chi connectivity index (χ1v) is 9.15. The predicted octanol–water partition coefficient (Wildman–Crippen LogP) is 4.01. The molecule has 0 radical (unpaired) electrons. The Kier molecular flexibility index (Phi) is 6.81. The zero-order valence-corrected chi connectivity index (χ0v) is 16.4. The Morgan fingerprint density at radius 2 is 1.87 bits per heavy atom. The molecule has 1 aromatic heterocycles. The summed E-state index contributed by atoms with van der Waals surface area (Å²) in [4.78, 5) is 27.4. The average molecular weight is 436 g/mol. The number of rotatable bonds is 8. The first kappa shape index (κ1) is 22.2. The minimum atomic E-state index is -4.60. The normalized spacial score (nSPS) is 11.4. The van der Waals surface area contributed by atoms with Gasteiger partial charge in [0.2, 0.25) is 0 Å². The number of alkyl halides is 3. The van der Waals surface area contributed by atoms with Crippen LogP contribution >= 0.6 is 0 Å². The number of para-hydroxylation sites is 1. The lowest BCUT2D eigenvalue weighted by Gasteiger charge is -2.15. The van der Waals surface area contributed by atoms with Gasteiger partial charge in [-0.1, -0.05) is 18.2 Å². The molecule has 1 heterocycles. The summed E-state index contributed by atoms with van der Waals surface area (Å²) in [6.07, 6.45) is -3.15. The molecule has 1 amide bonds. The van der Waals surface area contributed by atoms with Crippen LogP contribution < -0.4 is 10.1 Å². The van der Waals surface area contributed by atoms with Gasteiger partial charge in [0, 0.05) is 24.2 Å². The molecule has 10 heteroatoms. The van der Waals surface area contributed by atoms with Crippen molar-refractivity contribution in [3.8, 4) is 5.75 Å². The largest absolute Gasteiger partial charge is 0.489 e. The first-order chi connectivity index (χ1) is 14.8. The zero-order chi connectivity index (χ0) is 22.4. The van der Waals surface area contributed by atoms with Gasteiger partial charge in [-0.2, -0.15) is 13.2 Å². The van der Waals surface area contributed by atoms with Crippen LogP contribution in [0, 0.1) is 0 Å². The smallest absolute Gasteiger partial charge is 0.416 e. The van der Waals surface area contributed by atoms with E-state index in [-0.39, 0.29) is 30.2 Å². The molecule has 7 nitrogen and oxygen atoms in total. The van der Waals surface area contributed by atoms with Crippen molar-refractivity contribution < 1.29 is 37.0 Å². The summed E-state index contributed by atoms with van der Waals surface area (Å²) < 4.78 is 54.3. The minimum absolute atomic E-state index is 0.0290. The van der Waals surface area contributed by atoms with Crippen LogP contribution in [0.25, 0.3) is 10.9 Å². The van der Waals surface area contributed by atoms with Crippen molar-refractivity contribution in [1.29, 1.82) is 0 Å². The Morgan fingerprint density at radius 3 is 2.61 bits per heavy atom. The summed E-state index contributed by atoms with van der Waals surface area (Å²) in [5, 5.41) is 2.92. The molecule has 0 saturated carbocycles. The SMILES string of the molecule is COCCOc1ccc(C(F)(F)F)cc1NC(=O)COC(=O)c1c[nH]c2ccccc12. The number of fused-ring (bicyclic) bond motifs is 1. The van der Waals surface area contributed by atoms with E-state index < -0.39 is 30.2 Å². The molecule has 0 spiro atoms. The Bertz CT molecular complexity index is 1080. The quantitative estimate of drug-likeness (QED) is 0.412. The average Bonchev–Trinajstić information content (AvgIpc) is 3.17. The van der Waals surface area contributed by atoms with Gasteiger partial charge >= 0.3 is 12.1 Å². The lowest BCUT2D eigenvalue weighted by molar-refractivity contribution is -0.137. The van der Waals surface area contributed by atoms with Crippen LogP contribution in [0.2, 0.25) is 0 Å². The second-order valence-electron chi connectivity index (χ2n) is 6.42. The van der Waals surface area contributed by atoms with Gasteiger partial charge in [-0.25, -0.2) is 4.79 Å². The van der Waals surface area contributed by atoms with E-state index in [0.717, 1.165) is 23.7 Å². The van der Waals surface area contributed by atoms with Gasteiger partial charge in [-0.15, -0.1) is 0 Å². The summed E-state index contributed by atoms with van der Waals surface area (Å²) in [5.41, 5.74) is -0.191. The lowest BCUT2D eigenvalue weighted by Crippen LogP contribution is -2.22. The van der Waals surface area contributed by atoms with Crippen LogP contribution in [0.1, 0.15) is 15.9 Å². The standard InChI is InChI=1S/C21H19F3N2O5/c1-29-8-9-30-18-7-6-13(21(22,23)24)10-17(18)26-19(27)12-31-20(28)15-11-25-16-5-3-2-4-14(15)16/h2-7,10-11,25H,8-9,12H2,1H3,(H,26,27). The van der Waals surface area contributed by atoms with Gasteiger partial charge in [0.05, 0.1) is 23.4 Å². The molecule has 31 heavy (non-hydrogen) atoms. The number of hydrogen-bond donors (Lipinski definition) is 2. The summed E-state index contributed by atoms with van der Waals surface area (Å²) in [6, 6.07) is 9.73. The molecule has 3 rings (SSSR count). The predicted molar refractivity (Wildman–Crippen MR) is 106 cm³/mol. The van der Waals surface area contributed by atoms with E-state index in [4.69, 9.17) is 14.2 Å². The van der Waals surface area contributed by atoms with Gasteiger partial charge in [-0.05, 0) is 24.3 Å². The van der Waals surface area contributed by atoms with Gasteiger partial charge < -0.3 is 24.5 Å². The van der Waals surface area contributed by atoms with Crippen LogP contribution in [0.4, 0.5) is 18.9 Å². The number of ether oxygens (including phenoxy) is 3. The lowest BCUT2D eigenvalue weighted by atomic mass is 10.1. The van der Waals surface area contributed by atoms with E-state index in [2.05, 4.69) is 10.3 Å². The summed E-state index contributed by atoms with van der Waals surface area (Å²) in [6.45, 7) is -0.414. The fraction of sp³-hybridized carbons (Fsp3) is 0.238. The number of amides is 1. The highest BCUT2D eigenvalue weighted by Gasteiger charge is 2.31. The molecular formula is C21H19F3N2O5. The number of carbonyl (C=O) groups excluding carboxylic acids is 2. The maximum Gasteiger partial charge on any atom is 0.416 e. The zero-order valence-electron chi connectivity index (χ0n) is 16.4. The molecule has 2 N–H and O–H groups in total. The van der Waals surface area contributed by atoms with E-state index in [1.807, 2.05) is 0 Å². The summed E-state index contributed by atoms with van der Waals surface area (Å²) >= 11 is 0. The molecule has 2 aromatic carbocycles. The highest BCUT2D eigenvalue weighted by atomic mass is 19.4. The number of hydrogen-bond acceptors (Lipinski definition) is 5. The van der Waals surface area contributed by atoms with Crippen molar-refractivity contribution in [1.82, 2.24) is 4.98 Å². The van der Waals surface area contributed by atoms with Crippen LogP contribution in [0.5, 0.6) is 5.75 Å². The number of methoxy groups -OCH3 is 1. The van der Waals surface area contributed by atoms with Crippen LogP contribution in [0.15, 0.2) is 48.7 Å². The van der Waals surface area contributed by atoms with Crippen LogP contribution in [-0.2, 0) is 20.4 Å². The number of esters is 1. The Hall–Kier alpha value is -3.53. The van der Waals surface area contributed by atoms with Crippen molar-refractivity contribution in [3.05, 3.63) is 59.8 Å². The number of aromatic nitrogens is 1. The fourth-order valence-electron chi connectivity index (χ4n) is 2.80. The molecule has 0 aliphatic carbocycles. The second kappa shape index (κ2) is 9.52. The van der Waals surface area contributed by atoms with Crippen molar-refractivity contribution in [2.24, 2.45) is 0 Å². The van der Waals surface area contributed by atoms with E-state index >= 15 is 0 Å². The fourth-order valence-corrected chi connectivity index (χ4v) is 2.80. The van der Waals surface area contributed by atoms with Crippen LogP contribution in [0.3, 0.4) is 0 Å². The van der Waals surface area contributed by atoms with E-state index in [1.54, 1.807) is 24.3 Å². The monoisotopic (exact) mass is 436 g/mol. The van der Waals surface area contributed by atoms with Crippen LogP contribution in [-0.4, -0.2) is 43.8 Å². The Balaban J connectivity index is 1.68. The number of anilines is 1. The van der Waals surface area contributed by atoms with Crippen molar-refractivity contribution in [2.45, 2.75) is 6.18 Å². The number of nitrogens with one attached hydrogen (secondary N) is 2. The molecule has 0 saturated heterocycles. The minimum Gasteiger partial charge on any atom is -0.489 e. The second-order valence-corrected chi connectivity index (χ2v) is 6.42. The third kappa shape index (κ3) is 5.54. The molecule has 0 bridgehead atoms. The first-order valence-electron chi connectivity index (χ1n) is 9.15. The highest BCUT2D eigenvalue weighted by molar-refractivity contribution is 6.05. The topological polar surface area (TPSA) is 89.7 Å². The maximum atomic E-state index is 13.0. The van der Waals surface area contributed by atoms with Gasteiger partial charge in [0.25, 0.3) is 5.91 Å². The Labute approximate surface area is 175 Å².